The topological polar surface area (TPSA) is 37.3 Å². The van der Waals surface area contributed by atoms with Crippen molar-refractivity contribution in [2.75, 3.05) is 0 Å². The normalized spacial score (nSPS) is 13.1. The van der Waals surface area contributed by atoms with Gasteiger partial charge in [0.2, 0.25) is 0 Å². The van der Waals surface area contributed by atoms with Crippen molar-refractivity contribution >= 4 is 28.6 Å². The van der Waals surface area contributed by atoms with Crippen molar-refractivity contribution in [1.82, 2.24) is 0 Å². The average Bonchev–Trinajstić information content (AvgIpc) is 1.82. The third-order valence-electron chi connectivity index (χ3n) is 1.08. The van der Waals surface area contributed by atoms with E-state index < -0.39 is 5.97 Å². The fourth-order valence-corrected chi connectivity index (χ4v) is 0.947. The van der Waals surface area contributed by atoms with E-state index in [0.717, 1.165) is 19.3 Å². The lowest BCUT2D eigenvalue weighted by Crippen LogP contribution is -2.11. The van der Waals surface area contributed by atoms with Crippen molar-refractivity contribution in [2.45, 2.75) is 30.1 Å². The first-order valence-corrected chi connectivity index (χ1v) is 4.30. The number of carbonyl (C=O) groups is 1. The van der Waals surface area contributed by atoms with Crippen LogP contribution in [0.4, 0.5) is 0 Å². The highest BCUT2D eigenvalue weighted by atomic mass is 127. The molecule has 0 aliphatic carbocycles. The van der Waals surface area contributed by atoms with Crippen LogP contribution < -0.4 is 0 Å². The molecular formula is C6H11IO2. The standard InChI is InChI=1S/C6H11IO2/c1-2-3-4-5(7)6(8)9/h5H,2-4H2,1H3,(H,8,9). The maximum atomic E-state index is 10.2. The van der Waals surface area contributed by atoms with E-state index in [4.69, 9.17) is 5.11 Å². The maximum absolute atomic E-state index is 10.2. The Morgan fingerprint density at radius 1 is 1.78 bits per heavy atom. The van der Waals surface area contributed by atoms with Gasteiger partial charge in [0, 0.05) is 0 Å². The number of carboxylic acid groups (broad SMARTS) is 1. The number of carboxylic acids is 1. The molecule has 1 atom stereocenters. The number of halogens is 1. The zero-order valence-corrected chi connectivity index (χ0v) is 7.59. The second-order valence-electron chi connectivity index (χ2n) is 1.95. The molecule has 0 aromatic heterocycles. The molecule has 0 rings (SSSR count). The van der Waals surface area contributed by atoms with Gasteiger partial charge in [0.15, 0.2) is 0 Å². The van der Waals surface area contributed by atoms with E-state index in [0.29, 0.717) is 0 Å². The number of rotatable bonds is 4. The quantitative estimate of drug-likeness (QED) is 0.605. The smallest absolute Gasteiger partial charge is 0.316 e. The van der Waals surface area contributed by atoms with E-state index in [1.165, 1.54) is 0 Å². The van der Waals surface area contributed by atoms with Crippen molar-refractivity contribution in [3.05, 3.63) is 0 Å². The van der Waals surface area contributed by atoms with Crippen molar-refractivity contribution in [2.24, 2.45) is 0 Å². The van der Waals surface area contributed by atoms with Gasteiger partial charge in [-0.3, -0.25) is 4.79 Å². The lowest BCUT2D eigenvalue weighted by atomic mass is 10.2. The second kappa shape index (κ2) is 5.02. The Morgan fingerprint density at radius 2 is 2.33 bits per heavy atom. The van der Waals surface area contributed by atoms with Gasteiger partial charge in [0.25, 0.3) is 0 Å². The zero-order valence-electron chi connectivity index (χ0n) is 5.43. The molecule has 3 heteroatoms. The first kappa shape index (κ1) is 9.20. The highest BCUT2D eigenvalue weighted by molar-refractivity contribution is 14.1. The molecule has 0 fully saturated rings. The van der Waals surface area contributed by atoms with E-state index in [1.807, 2.05) is 22.6 Å². The van der Waals surface area contributed by atoms with E-state index in [2.05, 4.69) is 6.92 Å². The summed E-state index contributed by atoms with van der Waals surface area (Å²) in [4.78, 5) is 10.2. The molecule has 2 nitrogen and oxygen atoms in total. The van der Waals surface area contributed by atoms with Crippen molar-refractivity contribution < 1.29 is 9.90 Å². The van der Waals surface area contributed by atoms with Gasteiger partial charge in [-0.05, 0) is 6.42 Å². The number of aliphatic carboxylic acids is 1. The van der Waals surface area contributed by atoms with Gasteiger partial charge in [-0.25, -0.2) is 0 Å². The predicted octanol–water partition coefficient (Wildman–Crippen LogP) is 2.06. The summed E-state index contributed by atoms with van der Waals surface area (Å²) in [5.41, 5.74) is 0. The van der Waals surface area contributed by atoms with Crippen LogP contribution in [-0.4, -0.2) is 15.0 Å². The molecule has 1 N–H and O–H groups in total. The summed E-state index contributed by atoms with van der Waals surface area (Å²) < 4.78 is -0.192. The molecule has 0 saturated carbocycles. The Morgan fingerprint density at radius 3 is 2.67 bits per heavy atom. The number of alkyl halides is 1. The third-order valence-corrected chi connectivity index (χ3v) is 2.23. The lowest BCUT2D eigenvalue weighted by Gasteiger charge is -2.00. The Kier molecular flexibility index (Phi) is 5.13. The van der Waals surface area contributed by atoms with Gasteiger partial charge in [-0.15, -0.1) is 0 Å². The van der Waals surface area contributed by atoms with Crippen molar-refractivity contribution in [3.63, 3.8) is 0 Å². The molecule has 0 spiro atoms. The van der Waals surface area contributed by atoms with Crippen LogP contribution in [-0.2, 0) is 4.79 Å². The summed E-state index contributed by atoms with van der Waals surface area (Å²) >= 11 is 1.96. The van der Waals surface area contributed by atoms with Crippen LogP contribution in [0.5, 0.6) is 0 Å². The fraction of sp³-hybridized carbons (Fsp3) is 0.833. The van der Waals surface area contributed by atoms with E-state index in [1.54, 1.807) is 0 Å². The highest BCUT2D eigenvalue weighted by Gasteiger charge is 2.10. The molecule has 9 heavy (non-hydrogen) atoms. The number of hydrogen-bond acceptors (Lipinski definition) is 1. The summed E-state index contributed by atoms with van der Waals surface area (Å²) in [6, 6.07) is 0. The average molecular weight is 242 g/mol. The molecule has 0 aromatic carbocycles. The number of hydrogen-bond donors (Lipinski definition) is 1. The lowest BCUT2D eigenvalue weighted by molar-refractivity contribution is -0.136. The molecule has 0 saturated heterocycles. The molecule has 0 heterocycles. The van der Waals surface area contributed by atoms with Gasteiger partial charge in [-0.1, -0.05) is 42.4 Å². The molecular weight excluding hydrogens is 231 g/mol. The maximum Gasteiger partial charge on any atom is 0.316 e. The van der Waals surface area contributed by atoms with Crippen LogP contribution in [0.3, 0.4) is 0 Å². The minimum Gasteiger partial charge on any atom is -0.480 e. The minimum absolute atomic E-state index is 0.192. The fourth-order valence-electron chi connectivity index (χ4n) is 0.507. The van der Waals surface area contributed by atoms with Gasteiger partial charge < -0.3 is 5.11 Å². The largest absolute Gasteiger partial charge is 0.480 e. The highest BCUT2D eigenvalue weighted by Crippen LogP contribution is 2.09. The SMILES string of the molecule is CCCCC(I)C(=O)O. The first-order valence-electron chi connectivity index (χ1n) is 3.05. The molecule has 0 aliphatic rings. The van der Waals surface area contributed by atoms with Crippen LogP contribution in [0.1, 0.15) is 26.2 Å². The van der Waals surface area contributed by atoms with Crippen LogP contribution in [0.25, 0.3) is 0 Å². The minimum atomic E-state index is -0.691. The summed E-state index contributed by atoms with van der Waals surface area (Å²) in [5.74, 6) is -0.691. The van der Waals surface area contributed by atoms with Gasteiger partial charge in [0.05, 0.1) is 0 Å². The molecule has 0 aromatic rings. The second-order valence-corrected chi connectivity index (χ2v) is 3.45. The Bertz CT molecular complexity index is 93.1. The molecule has 0 amide bonds. The summed E-state index contributed by atoms with van der Waals surface area (Å²) in [7, 11) is 0. The van der Waals surface area contributed by atoms with E-state index >= 15 is 0 Å². The van der Waals surface area contributed by atoms with E-state index in [9.17, 15) is 4.79 Å². The number of unbranched alkanes of at least 4 members (excludes halogenated alkanes) is 1. The molecule has 0 bridgehead atoms. The van der Waals surface area contributed by atoms with Crippen LogP contribution >= 0.6 is 22.6 Å². The van der Waals surface area contributed by atoms with Crippen LogP contribution in [0.2, 0.25) is 0 Å². The third kappa shape index (κ3) is 4.69. The molecule has 54 valence electrons. The van der Waals surface area contributed by atoms with Crippen molar-refractivity contribution in [3.8, 4) is 0 Å². The summed E-state index contributed by atoms with van der Waals surface area (Å²) in [5, 5.41) is 8.40. The zero-order chi connectivity index (χ0) is 7.28. The summed E-state index contributed by atoms with van der Waals surface area (Å²) in [6.07, 6.45) is 2.89. The van der Waals surface area contributed by atoms with Crippen LogP contribution in [0, 0.1) is 0 Å². The predicted molar refractivity (Wildman–Crippen MR) is 45.0 cm³/mol. The van der Waals surface area contributed by atoms with Crippen LogP contribution in [0.15, 0.2) is 0 Å². The van der Waals surface area contributed by atoms with Gasteiger partial charge >= 0.3 is 5.97 Å². The van der Waals surface area contributed by atoms with E-state index in [-0.39, 0.29) is 3.92 Å². The van der Waals surface area contributed by atoms with Crippen molar-refractivity contribution in [1.29, 1.82) is 0 Å². The Hall–Kier alpha value is 0.200. The summed E-state index contributed by atoms with van der Waals surface area (Å²) in [6.45, 7) is 2.06. The molecule has 0 radical (unpaired) electrons. The Balaban J connectivity index is 3.27. The van der Waals surface area contributed by atoms with Gasteiger partial charge in [-0.2, -0.15) is 0 Å². The van der Waals surface area contributed by atoms with Gasteiger partial charge in [0.1, 0.15) is 3.92 Å². The molecule has 1 unspecified atom stereocenters. The monoisotopic (exact) mass is 242 g/mol. The molecule has 0 aliphatic heterocycles. The first-order chi connectivity index (χ1) is 4.18. The Labute approximate surface area is 68.8 Å².